The van der Waals surface area contributed by atoms with Gasteiger partial charge < -0.3 is 0 Å². The van der Waals surface area contributed by atoms with Crippen LogP contribution in [-0.2, 0) is 5.88 Å². The number of aromatic nitrogens is 2. The van der Waals surface area contributed by atoms with Crippen LogP contribution in [0, 0.1) is 0 Å². The van der Waals surface area contributed by atoms with Crippen LogP contribution in [0.2, 0.25) is 5.02 Å². The molecule has 0 bridgehead atoms. The molecular formula is C14H10Cl2N2. The molecule has 0 amide bonds. The first-order chi connectivity index (χ1) is 8.79. The third-order valence-corrected chi connectivity index (χ3v) is 3.42. The van der Waals surface area contributed by atoms with Crippen molar-refractivity contribution in [2.75, 3.05) is 0 Å². The summed E-state index contributed by atoms with van der Waals surface area (Å²) < 4.78 is 1.87. The lowest BCUT2D eigenvalue weighted by atomic mass is 10.2. The minimum Gasteiger partial charge on any atom is -0.233 e. The average Bonchev–Trinajstić information content (AvgIpc) is 2.82. The number of fused-ring (bicyclic) bond motifs is 1. The van der Waals surface area contributed by atoms with Gasteiger partial charge in [0.05, 0.1) is 17.4 Å². The van der Waals surface area contributed by atoms with Crippen LogP contribution in [0.25, 0.3) is 16.6 Å². The van der Waals surface area contributed by atoms with Crippen molar-refractivity contribution in [3.8, 4) is 5.69 Å². The van der Waals surface area contributed by atoms with E-state index < -0.39 is 0 Å². The van der Waals surface area contributed by atoms with E-state index in [9.17, 15) is 0 Å². The fraction of sp³-hybridized carbons (Fsp3) is 0.0714. The summed E-state index contributed by atoms with van der Waals surface area (Å²) in [5.41, 5.74) is 2.99. The van der Waals surface area contributed by atoms with Crippen LogP contribution in [-0.4, -0.2) is 9.78 Å². The van der Waals surface area contributed by atoms with Crippen LogP contribution in [0.15, 0.2) is 48.7 Å². The molecule has 0 aliphatic rings. The highest BCUT2D eigenvalue weighted by molar-refractivity contribution is 6.30. The van der Waals surface area contributed by atoms with E-state index in [-0.39, 0.29) is 0 Å². The molecule has 0 spiro atoms. The van der Waals surface area contributed by atoms with Gasteiger partial charge in [-0.15, -0.1) is 11.6 Å². The molecule has 0 fully saturated rings. The number of nitrogens with zero attached hydrogens (tertiary/aromatic N) is 2. The lowest BCUT2D eigenvalue weighted by Gasteiger charge is -2.09. The molecule has 0 unspecified atom stereocenters. The van der Waals surface area contributed by atoms with Crippen molar-refractivity contribution in [1.82, 2.24) is 9.78 Å². The van der Waals surface area contributed by atoms with Gasteiger partial charge in [-0.05, 0) is 23.8 Å². The second kappa shape index (κ2) is 4.63. The Hall–Kier alpha value is -1.51. The molecule has 0 radical (unpaired) electrons. The molecule has 3 rings (SSSR count). The molecule has 18 heavy (non-hydrogen) atoms. The Morgan fingerprint density at radius 1 is 1.11 bits per heavy atom. The first-order valence-corrected chi connectivity index (χ1v) is 6.48. The van der Waals surface area contributed by atoms with Crippen LogP contribution >= 0.6 is 23.2 Å². The molecule has 3 aromatic rings. The zero-order chi connectivity index (χ0) is 12.5. The lowest BCUT2D eigenvalue weighted by Crippen LogP contribution is -2.00. The Labute approximate surface area is 115 Å². The van der Waals surface area contributed by atoms with Crippen molar-refractivity contribution in [2.45, 2.75) is 5.88 Å². The number of alkyl halides is 1. The SMILES string of the molecule is ClCc1ccc(Cl)cc1-n1ncc2ccccc21. The number of halogens is 2. The summed E-state index contributed by atoms with van der Waals surface area (Å²) in [5.74, 6) is 0.431. The predicted molar refractivity (Wildman–Crippen MR) is 75.6 cm³/mol. The average molecular weight is 277 g/mol. The molecule has 4 heteroatoms. The third-order valence-electron chi connectivity index (χ3n) is 2.90. The quantitative estimate of drug-likeness (QED) is 0.634. The van der Waals surface area contributed by atoms with Crippen LogP contribution < -0.4 is 0 Å². The molecule has 1 heterocycles. The number of hydrogen-bond acceptors (Lipinski definition) is 1. The van der Waals surface area contributed by atoms with E-state index in [0.717, 1.165) is 22.2 Å². The van der Waals surface area contributed by atoms with Gasteiger partial charge in [-0.1, -0.05) is 35.9 Å². The van der Waals surface area contributed by atoms with Crippen molar-refractivity contribution in [3.63, 3.8) is 0 Å². The molecule has 1 aromatic heterocycles. The summed E-state index contributed by atoms with van der Waals surface area (Å²) in [4.78, 5) is 0. The van der Waals surface area contributed by atoms with Gasteiger partial charge in [0.15, 0.2) is 0 Å². The molecule has 0 N–H and O–H groups in total. The van der Waals surface area contributed by atoms with Crippen molar-refractivity contribution in [3.05, 3.63) is 59.2 Å². The molecule has 2 nitrogen and oxygen atoms in total. The van der Waals surface area contributed by atoms with Gasteiger partial charge in [0.1, 0.15) is 0 Å². The Balaban J connectivity index is 2.29. The molecule has 0 saturated carbocycles. The second-order valence-corrected chi connectivity index (χ2v) is 4.73. The number of benzene rings is 2. The zero-order valence-electron chi connectivity index (χ0n) is 9.48. The van der Waals surface area contributed by atoms with Crippen LogP contribution in [0.1, 0.15) is 5.56 Å². The summed E-state index contributed by atoms with van der Waals surface area (Å²) in [5, 5.41) is 6.19. The Bertz CT molecular complexity index is 704. The fourth-order valence-corrected chi connectivity index (χ4v) is 2.40. The van der Waals surface area contributed by atoms with Crippen molar-refractivity contribution < 1.29 is 0 Å². The van der Waals surface area contributed by atoms with Crippen molar-refractivity contribution >= 4 is 34.1 Å². The first kappa shape index (κ1) is 11.6. The van der Waals surface area contributed by atoms with E-state index in [4.69, 9.17) is 23.2 Å². The maximum absolute atomic E-state index is 6.06. The minimum atomic E-state index is 0.431. The Morgan fingerprint density at radius 2 is 1.94 bits per heavy atom. The standard InChI is InChI=1S/C14H10Cl2N2/c15-8-10-5-6-12(16)7-14(10)18-13-4-2-1-3-11(13)9-17-18/h1-7,9H,8H2. The summed E-state index contributed by atoms with van der Waals surface area (Å²) in [6.07, 6.45) is 1.84. The number of rotatable bonds is 2. The van der Waals surface area contributed by atoms with Gasteiger partial charge in [-0.2, -0.15) is 5.10 Å². The highest BCUT2D eigenvalue weighted by atomic mass is 35.5. The molecule has 0 saturated heterocycles. The van der Waals surface area contributed by atoms with Crippen LogP contribution in [0.3, 0.4) is 0 Å². The lowest BCUT2D eigenvalue weighted by molar-refractivity contribution is 0.900. The van der Waals surface area contributed by atoms with Gasteiger partial charge >= 0.3 is 0 Å². The largest absolute Gasteiger partial charge is 0.233 e. The highest BCUT2D eigenvalue weighted by Crippen LogP contribution is 2.24. The van der Waals surface area contributed by atoms with E-state index >= 15 is 0 Å². The van der Waals surface area contributed by atoms with E-state index in [0.29, 0.717) is 10.9 Å². The first-order valence-electron chi connectivity index (χ1n) is 5.57. The predicted octanol–water partition coefficient (Wildman–Crippen LogP) is 4.42. The molecular weight excluding hydrogens is 267 g/mol. The van der Waals surface area contributed by atoms with Crippen molar-refractivity contribution in [2.24, 2.45) is 0 Å². The Morgan fingerprint density at radius 3 is 2.78 bits per heavy atom. The summed E-state index contributed by atoms with van der Waals surface area (Å²) in [6, 6.07) is 13.7. The van der Waals surface area contributed by atoms with E-state index in [1.165, 1.54) is 0 Å². The monoisotopic (exact) mass is 276 g/mol. The Kier molecular flexibility index (Phi) is 2.98. The fourth-order valence-electron chi connectivity index (χ4n) is 2.01. The van der Waals surface area contributed by atoms with Gasteiger partial charge in [0.2, 0.25) is 0 Å². The van der Waals surface area contributed by atoms with Gasteiger partial charge in [0, 0.05) is 16.3 Å². The maximum Gasteiger partial charge on any atom is 0.0741 e. The molecule has 2 aromatic carbocycles. The molecule has 0 aliphatic heterocycles. The van der Waals surface area contributed by atoms with Gasteiger partial charge in [0.25, 0.3) is 0 Å². The van der Waals surface area contributed by atoms with E-state index in [1.807, 2.05) is 53.3 Å². The topological polar surface area (TPSA) is 17.8 Å². The van der Waals surface area contributed by atoms with Crippen LogP contribution in [0.5, 0.6) is 0 Å². The van der Waals surface area contributed by atoms with Crippen molar-refractivity contribution in [1.29, 1.82) is 0 Å². The summed E-state index contributed by atoms with van der Waals surface area (Å²) >= 11 is 12.0. The number of para-hydroxylation sites is 1. The van der Waals surface area contributed by atoms with E-state index in [2.05, 4.69) is 5.10 Å². The van der Waals surface area contributed by atoms with E-state index in [1.54, 1.807) is 0 Å². The smallest absolute Gasteiger partial charge is 0.0741 e. The third kappa shape index (κ3) is 1.88. The molecule has 90 valence electrons. The second-order valence-electron chi connectivity index (χ2n) is 4.02. The molecule has 0 atom stereocenters. The summed E-state index contributed by atoms with van der Waals surface area (Å²) in [7, 11) is 0. The zero-order valence-corrected chi connectivity index (χ0v) is 11.0. The summed E-state index contributed by atoms with van der Waals surface area (Å²) in [6.45, 7) is 0. The normalized spacial score (nSPS) is 11.0. The highest BCUT2D eigenvalue weighted by Gasteiger charge is 2.09. The van der Waals surface area contributed by atoms with Gasteiger partial charge in [-0.3, -0.25) is 0 Å². The van der Waals surface area contributed by atoms with Crippen LogP contribution in [0.4, 0.5) is 0 Å². The molecule has 0 aliphatic carbocycles. The number of hydrogen-bond donors (Lipinski definition) is 0. The minimum absolute atomic E-state index is 0.431. The maximum atomic E-state index is 6.06. The van der Waals surface area contributed by atoms with Gasteiger partial charge in [-0.25, -0.2) is 4.68 Å².